The lowest BCUT2D eigenvalue weighted by molar-refractivity contribution is -0.133. The first kappa shape index (κ1) is 20.1. The monoisotopic (exact) mass is 405 g/mol. The molecule has 1 heterocycles. The van der Waals surface area contributed by atoms with Crippen molar-refractivity contribution in [2.45, 2.75) is 51.5 Å². The van der Waals surface area contributed by atoms with E-state index in [0.29, 0.717) is 11.6 Å². The summed E-state index contributed by atoms with van der Waals surface area (Å²) in [5.41, 5.74) is 3.95. The summed E-state index contributed by atoms with van der Waals surface area (Å²) in [4.78, 5) is 39.1. The zero-order valence-corrected chi connectivity index (χ0v) is 17.6. The van der Waals surface area contributed by atoms with Crippen LogP contribution >= 0.6 is 0 Å². The van der Waals surface area contributed by atoms with Gasteiger partial charge in [0.25, 0.3) is 5.91 Å². The van der Waals surface area contributed by atoms with Crippen LogP contribution in [-0.4, -0.2) is 29.3 Å². The highest BCUT2D eigenvalue weighted by atomic mass is 16.2. The molecule has 2 aromatic carbocycles. The molecule has 4 amide bonds. The van der Waals surface area contributed by atoms with Gasteiger partial charge in [0.05, 0.1) is 0 Å². The van der Waals surface area contributed by atoms with Gasteiger partial charge in [0, 0.05) is 5.69 Å². The molecule has 1 fully saturated rings. The fraction of sp³-hybridized carbons (Fsp3) is 0.375. The van der Waals surface area contributed by atoms with Crippen LogP contribution in [0.4, 0.5) is 10.5 Å². The maximum Gasteiger partial charge on any atom is 0.325 e. The summed E-state index contributed by atoms with van der Waals surface area (Å²) in [5.74, 6) is -0.415. The van der Waals surface area contributed by atoms with Crippen molar-refractivity contribution in [3.63, 3.8) is 0 Å². The second-order valence-corrected chi connectivity index (χ2v) is 8.61. The molecule has 6 nitrogen and oxygen atoms in total. The van der Waals surface area contributed by atoms with E-state index in [1.807, 2.05) is 42.5 Å². The number of aryl methyl sites for hydroxylation is 2. The van der Waals surface area contributed by atoms with Crippen molar-refractivity contribution in [3.8, 4) is 0 Å². The largest absolute Gasteiger partial charge is 0.325 e. The van der Waals surface area contributed by atoms with Crippen LogP contribution in [0.1, 0.15) is 55.4 Å². The molecule has 0 bridgehead atoms. The van der Waals surface area contributed by atoms with E-state index < -0.39 is 23.4 Å². The zero-order chi connectivity index (χ0) is 21.5. The van der Waals surface area contributed by atoms with Gasteiger partial charge in [-0.2, -0.15) is 0 Å². The Morgan fingerprint density at radius 1 is 1.10 bits per heavy atom. The minimum Gasteiger partial charge on any atom is -0.325 e. The van der Waals surface area contributed by atoms with Gasteiger partial charge in [-0.3, -0.25) is 14.5 Å². The average molecular weight is 405 g/mol. The van der Waals surface area contributed by atoms with Crippen LogP contribution in [0.3, 0.4) is 0 Å². The standard InChI is InChI=1S/C24H27N3O3/c1-15(2)16-8-11-20(12-9-16)25-21(28)14-27-22(29)24(3,26-23(27)30)19-10-7-17-5-4-6-18(17)13-19/h7-13,15H,4-6,14H2,1-3H3,(H,25,28)(H,26,30). The van der Waals surface area contributed by atoms with Crippen LogP contribution in [0.15, 0.2) is 42.5 Å². The number of carbonyl (C=O) groups is 3. The predicted molar refractivity (Wildman–Crippen MR) is 115 cm³/mol. The van der Waals surface area contributed by atoms with Gasteiger partial charge in [-0.1, -0.05) is 44.2 Å². The van der Waals surface area contributed by atoms with Gasteiger partial charge in [0.2, 0.25) is 5.91 Å². The van der Waals surface area contributed by atoms with Gasteiger partial charge in [-0.05, 0) is 66.5 Å². The molecule has 156 valence electrons. The molecule has 0 radical (unpaired) electrons. The predicted octanol–water partition coefficient (Wildman–Crippen LogP) is 3.70. The third-order valence-corrected chi connectivity index (χ3v) is 6.11. The van der Waals surface area contributed by atoms with Crippen molar-refractivity contribution >= 4 is 23.5 Å². The number of urea groups is 1. The number of anilines is 1. The number of hydrogen-bond acceptors (Lipinski definition) is 3. The van der Waals surface area contributed by atoms with Crippen molar-refractivity contribution in [1.29, 1.82) is 0 Å². The lowest BCUT2D eigenvalue weighted by atomic mass is 9.89. The maximum absolute atomic E-state index is 13.1. The smallest absolute Gasteiger partial charge is 0.325 e. The summed E-state index contributed by atoms with van der Waals surface area (Å²) in [6.45, 7) is 5.58. The Kier molecular flexibility index (Phi) is 5.10. The molecule has 2 aromatic rings. The first-order valence-electron chi connectivity index (χ1n) is 10.4. The third kappa shape index (κ3) is 3.58. The molecular formula is C24H27N3O3. The van der Waals surface area contributed by atoms with Gasteiger partial charge < -0.3 is 10.6 Å². The molecule has 0 aromatic heterocycles. The molecule has 1 saturated heterocycles. The molecule has 0 spiro atoms. The van der Waals surface area contributed by atoms with Crippen molar-refractivity contribution in [3.05, 3.63) is 64.7 Å². The van der Waals surface area contributed by atoms with E-state index in [1.165, 1.54) is 16.7 Å². The molecule has 1 unspecified atom stereocenters. The van der Waals surface area contributed by atoms with E-state index >= 15 is 0 Å². The lowest BCUT2D eigenvalue weighted by Gasteiger charge is -2.23. The zero-order valence-electron chi connectivity index (χ0n) is 17.6. The second kappa shape index (κ2) is 7.59. The van der Waals surface area contributed by atoms with Gasteiger partial charge in [0.15, 0.2) is 0 Å². The third-order valence-electron chi connectivity index (χ3n) is 6.11. The van der Waals surface area contributed by atoms with E-state index in [0.717, 1.165) is 29.7 Å². The molecule has 1 aliphatic carbocycles. The van der Waals surface area contributed by atoms with E-state index in [1.54, 1.807) is 6.92 Å². The minimum atomic E-state index is -1.16. The number of rotatable bonds is 5. The summed E-state index contributed by atoms with van der Waals surface area (Å²) in [6, 6.07) is 13.0. The number of nitrogens with zero attached hydrogens (tertiary/aromatic N) is 1. The van der Waals surface area contributed by atoms with Crippen molar-refractivity contribution in [2.24, 2.45) is 0 Å². The Balaban J connectivity index is 1.46. The van der Waals surface area contributed by atoms with Crippen molar-refractivity contribution in [2.75, 3.05) is 11.9 Å². The van der Waals surface area contributed by atoms with E-state index in [2.05, 4.69) is 24.5 Å². The second-order valence-electron chi connectivity index (χ2n) is 8.61. The number of amides is 4. The highest BCUT2D eigenvalue weighted by Crippen LogP contribution is 2.32. The van der Waals surface area contributed by atoms with Crippen LogP contribution in [0.2, 0.25) is 0 Å². The first-order chi connectivity index (χ1) is 14.3. The molecular weight excluding hydrogens is 378 g/mol. The summed E-state index contributed by atoms with van der Waals surface area (Å²) >= 11 is 0. The summed E-state index contributed by atoms with van der Waals surface area (Å²) < 4.78 is 0. The molecule has 2 N–H and O–H groups in total. The number of nitrogens with one attached hydrogen (secondary N) is 2. The molecule has 2 aliphatic rings. The Labute approximate surface area is 176 Å². The lowest BCUT2D eigenvalue weighted by Crippen LogP contribution is -2.42. The van der Waals surface area contributed by atoms with Crippen molar-refractivity contribution in [1.82, 2.24) is 10.2 Å². The Bertz CT molecular complexity index is 1010. The van der Waals surface area contributed by atoms with Gasteiger partial charge >= 0.3 is 6.03 Å². The summed E-state index contributed by atoms with van der Waals surface area (Å²) in [5, 5.41) is 5.55. The fourth-order valence-corrected chi connectivity index (χ4v) is 4.21. The highest BCUT2D eigenvalue weighted by Gasteiger charge is 2.49. The summed E-state index contributed by atoms with van der Waals surface area (Å²) in [6.07, 6.45) is 3.15. The van der Waals surface area contributed by atoms with Crippen LogP contribution in [0.5, 0.6) is 0 Å². The number of carbonyl (C=O) groups excluding carboxylic acids is 3. The van der Waals surface area contributed by atoms with Crippen molar-refractivity contribution < 1.29 is 14.4 Å². The van der Waals surface area contributed by atoms with Crippen LogP contribution in [-0.2, 0) is 28.0 Å². The Morgan fingerprint density at radius 2 is 1.80 bits per heavy atom. The highest BCUT2D eigenvalue weighted by molar-refractivity contribution is 6.10. The molecule has 1 aliphatic heterocycles. The average Bonchev–Trinajstić information content (AvgIpc) is 3.27. The Hall–Kier alpha value is -3.15. The molecule has 4 rings (SSSR count). The number of fused-ring (bicyclic) bond motifs is 1. The minimum absolute atomic E-state index is 0.322. The van der Waals surface area contributed by atoms with Gasteiger partial charge in [0.1, 0.15) is 12.1 Å². The Morgan fingerprint density at radius 3 is 2.50 bits per heavy atom. The fourth-order valence-electron chi connectivity index (χ4n) is 4.21. The number of benzene rings is 2. The topological polar surface area (TPSA) is 78.5 Å². The molecule has 1 atom stereocenters. The maximum atomic E-state index is 13.1. The first-order valence-corrected chi connectivity index (χ1v) is 10.4. The quantitative estimate of drug-likeness (QED) is 0.745. The van der Waals surface area contributed by atoms with E-state index in [9.17, 15) is 14.4 Å². The normalized spacial score (nSPS) is 20.5. The molecule has 30 heavy (non-hydrogen) atoms. The van der Waals surface area contributed by atoms with Crippen LogP contribution < -0.4 is 10.6 Å². The van der Waals surface area contributed by atoms with E-state index in [-0.39, 0.29) is 6.54 Å². The van der Waals surface area contributed by atoms with Gasteiger partial charge in [-0.15, -0.1) is 0 Å². The molecule has 0 saturated carbocycles. The van der Waals surface area contributed by atoms with E-state index in [4.69, 9.17) is 0 Å². The summed E-state index contributed by atoms with van der Waals surface area (Å²) in [7, 11) is 0. The number of imide groups is 1. The van der Waals surface area contributed by atoms with Crippen LogP contribution in [0.25, 0.3) is 0 Å². The molecule has 6 heteroatoms. The SMILES string of the molecule is CC(C)c1ccc(NC(=O)CN2C(=O)NC(C)(c3ccc4c(c3)CCC4)C2=O)cc1. The van der Waals surface area contributed by atoms with Crippen LogP contribution in [0, 0.1) is 0 Å². The number of hydrogen-bond donors (Lipinski definition) is 2. The van der Waals surface area contributed by atoms with Gasteiger partial charge in [-0.25, -0.2) is 4.79 Å².